The average molecular weight is 310 g/mol. The van der Waals surface area contributed by atoms with Gasteiger partial charge in [-0.05, 0) is 24.1 Å². The maximum absolute atomic E-state index is 11.6. The lowest BCUT2D eigenvalue weighted by molar-refractivity contribution is 0.0963. The molecule has 118 valence electrons. The molecule has 0 bridgehead atoms. The van der Waals surface area contributed by atoms with E-state index in [2.05, 4.69) is 25.9 Å². The van der Waals surface area contributed by atoms with Gasteiger partial charge in [0.2, 0.25) is 5.95 Å². The van der Waals surface area contributed by atoms with Gasteiger partial charge in [-0.1, -0.05) is 12.1 Å². The number of benzene rings is 1. The van der Waals surface area contributed by atoms with E-state index in [0.717, 1.165) is 12.0 Å². The Hall–Kier alpha value is -3.14. The Morgan fingerprint density at radius 1 is 1.35 bits per heavy atom. The molecule has 0 radical (unpaired) electrons. The Morgan fingerprint density at radius 3 is 2.87 bits per heavy atom. The van der Waals surface area contributed by atoms with Crippen molar-refractivity contribution in [3.8, 4) is 6.07 Å². The molecule has 1 aromatic carbocycles. The standard InChI is InChI=1S/C16H18N6O/c1-18-14-13(9-17)10-21-16(22-14)20-7-6-11-4-3-5-12(8-11)15(23)19-2/h3-5,8,10H,6-7H2,1-2H3,(H,19,23)(H2,18,20,21,22). The highest BCUT2D eigenvalue weighted by Gasteiger charge is 2.06. The van der Waals surface area contributed by atoms with Gasteiger partial charge in [-0.3, -0.25) is 4.79 Å². The third-order valence-corrected chi connectivity index (χ3v) is 3.26. The smallest absolute Gasteiger partial charge is 0.251 e. The first kappa shape index (κ1) is 16.2. The highest BCUT2D eigenvalue weighted by atomic mass is 16.1. The van der Waals surface area contributed by atoms with Crippen molar-refractivity contribution in [2.45, 2.75) is 6.42 Å². The Labute approximate surface area is 134 Å². The molecular formula is C16H18N6O. The molecular weight excluding hydrogens is 292 g/mol. The predicted molar refractivity (Wildman–Crippen MR) is 88.3 cm³/mol. The molecule has 3 N–H and O–H groups in total. The lowest BCUT2D eigenvalue weighted by Crippen LogP contribution is -2.18. The molecule has 0 saturated heterocycles. The van der Waals surface area contributed by atoms with Gasteiger partial charge < -0.3 is 16.0 Å². The molecule has 0 aliphatic rings. The van der Waals surface area contributed by atoms with Gasteiger partial charge in [0.1, 0.15) is 17.5 Å². The molecule has 0 aliphatic carbocycles. The van der Waals surface area contributed by atoms with Crippen LogP contribution >= 0.6 is 0 Å². The second-order valence-electron chi connectivity index (χ2n) is 4.77. The van der Waals surface area contributed by atoms with Crippen LogP contribution in [0.15, 0.2) is 30.5 Å². The van der Waals surface area contributed by atoms with Crippen molar-refractivity contribution in [3.63, 3.8) is 0 Å². The summed E-state index contributed by atoms with van der Waals surface area (Å²) in [6.07, 6.45) is 2.20. The normalized spacial score (nSPS) is 9.78. The van der Waals surface area contributed by atoms with E-state index in [1.165, 1.54) is 6.20 Å². The minimum absolute atomic E-state index is 0.103. The van der Waals surface area contributed by atoms with Crippen LogP contribution in [0.4, 0.5) is 11.8 Å². The van der Waals surface area contributed by atoms with Crippen LogP contribution in [0.3, 0.4) is 0 Å². The number of rotatable bonds is 6. The summed E-state index contributed by atoms with van der Waals surface area (Å²) >= 11 is 0. The van der Waals surface area contributed by atoms with Crippen LogP contribution in [-0.4, -0.2) is 36.5 Å². The first-order valence-corrected chi connectivity index (χ1v) is 7.17. The van der Waals surface area contributed by atoms with Crippen molar-refractivity contribution >= 4 is 17.7 Å². The van der Waals surface area contributed by atoms with Crippen molar-refractivity contribution in [1.82, 2.24) is 15.3 Å². The lowest BCUT2D eigenvalue weighted by Gasteiger charge is -2.08. The molecule has 0 fully saturated rings. The van der Waals surface area contributed by atoms with Gasteiger partial charge in [-0.15, -0.1) is 0 Å². The van der Waals surface area contributed by atoms with Crippen LogP contribution in [0.5, 0.6) is 0 Å². The molecule has 0 spiro atoms. The number of aromatic nitrogens is 2. The third-order valence-electron chi connectivity index (χ3n) is 3.26. The van der Waals surface area contributed by atoms with Gasteiger partial charge in [0, 0.05) is 26.2 Å². The summed E-state index contributed by atoms with van der Waals surface area (Å²) < 4.78 is 0. The van der Waals surface area contributed by atoms with Crippen LogP contribution < -0.4 is 16.0 Å². The third kappa shape index (κ3) is 4.17. The zero-order valence-corrected chi connectivity index (χ0v) is 13.1. The number of nitrogens with zero attached hydrogens (tertiary/aromatic N) is 3. The molecule has 1 heterocycles. The molecule has 23 heavy (non-hydrogen) atoms. The zero-order chi connectivity index (χ0) is 16.7. The van der Waals surface area contributed by atoms with Gasteiger partial charge in [0.25, 0.3) is 5.91 Å². The fourth-order valence-corrected chi connectivity index (χ4v) is 2.07. The SMILES string of the molecule is CNC(=O)c1cccc(CCNc2ncc(C#N)c(NC)n2)c1. The molecule has 7 heteroatoms. The van der Waals surface area contributed by atoms with Gasteiger partial charge in [0.05, 0.1) is 6.20 Å². The summed E-state index contributed by atoms with van der Waals surface area (Å²) in [6, 6.07) is 9.49. The fourth-order valence-electron chi connectivity index (χ4n) is 2.07. The second-order valence-corrected chi connectivity index (χ2v) is 4.77. The maximum Gasteiger partial charge on any atom is 0.251 e. The summed E-state index contributed by atoms with van der Waals surface area (Å²) in [4.78, 5) is 19.9. The number of nitriles is 1. The van der Waals surface area contributed by atoms with Crippen LogP contribution in [0, 0.1) is 11.3 Å². The second kappa shape index (κ2) is 7.75. The van der Waals surface area contributed by atoms with Crippen molar-refractivity contribution in [2.75, 3.05) is 31.3 Å². The van der Waals surface area contributed by atoms with E-state index in [4.69, 9.17) is 5.26 Å². The molecule has 1 amide bonds. The van der Waals surface area contributed by atoms with Crippen molar-refractivity contribution in [3.05, 3.63) is 47.2 Å². The van der Waals surface area contributed by atoms with Gasteiger partial charge >= 0.3 is 0 Å². The Kier molecular flexibility index (Phi) is 5.47. The van der Waals surface area contributed by atoms with E-state index < -0.39 is 0 Å². The molecule has 2 rings (SSSR count). The minimum Gasteiger partial charge on any atom is -0.372 e. The molecule has 0 unspecified atom stereocenters. The van der Waals surface area contributed by atoms with E-state index >= 15 is 0 Å². The molecule has 7 nitrogen and oxygen atoms in total. The van der Waals surface area contributed by atoms with Crippen LogP contribution in [-0.2, 0) is 6.42 Å². The maximum atomic E-state index is 11.6. The van der Waals surface area contributed by atoms with Crippen LogP contribution in [0.1, 0.15) is 21.5 Å². The summed E-state index contributed by atoms with van der Waals surface area (Å²) in [5, 5.41) is 17.5. The van der Waals surface area contributed by atoms with Gasteiger partial charge in [-0.2, -0.15) is 10.2 Å². The summed E-state index contributed by atoms with van der Waals surface area (Å²) in [7, 11) is 3.31. The van der Waals surface area contributed by atoms with E-state index in [1.807, 2.05) is 24.3 Å². The quantitative estimate of drug-likeness (QED) is 0.745. The number of hydrogen-bond donors (Lipinski definition) is 3. The van der Waals surface area contributed by atoms with Crippen molar-refractivity contribution in [2.24, 2.45) is 0 Å². The first-order chi connectivity index (χ1) is 11.2. The molecule has 0 atom stereocenters. The highest BCUT2D eigenvalue weighted by Crippen LogP contribution is 2.12. The van der Waals surface area contributed by atoms with E-state index in [9.17, 15) is 4.79 Å². The predicted octanol–water partition coefficient (Wildman–Crippen LogP) is 1.40. The Balaban J connectivity index is 1.98. The van der Waals surface area contributed by atoms with Crippen molar-refractivity contribution in [1.29, 1.82) is 5.26 Å². The summed E-state index contributed by atoms with van der Waals surface area (Å²) in [6.45, 7) is 0.617. The molecule has 0 saturated carbocycles. The minimum atomic E-state index is -0.103. The highest BCUT2D eigenvalue weighted by molar-refractivity contribution is 5.94. The average Bonchev–Trinajstić information content (AvgIpc) is 2.61. The molecule has 1 aromatic heterocycles. The van der Waals surface area contributed by atoms with E-state index in [-0.39, 0.29) is 5.91 Å². The number of carbonyl (C=O) groups excluding carboxylic acids is 1. The molecule has 2 aromatic rings. The fraction of sp³-hybridized carbons (Fsp3) is 0.250. The largest absolute Gasteiger partial charge is 0.372 e. The van der Waals surface area contributed by atoms with Crippen LogP contribution in [0.25, 0.3) is 0 Å². The number of amides is 1. The van der Waals surface area contributed by atoms with Crippen LogP contribution in [0.2, 0.25) is 0 Å². The van der Waals surface area contributed by atoms with E-state index in [0.29, 0.717) is 29.4 Å². The topological polar surface area (TPSA) is 103 Å². The Bertz CT molecular complexity index is 738. The summed E-state index contributed by atoms with van der Waals surface area (Å²) in [5.41, 5.74) is 2.08. The lowest BCUT2D eigenvalue weighted by atomic mass is 10.1. The Morgan fingerprint density at radius 2 is 2.17 bits per heavy atom. The van der Waals surface area contributed by atoms with E-state index in [1.54, 1.807) is 20.2 Å². The van der Waals surface area contributed by atoms with Gasteiger partial charge in [0.15, 0.2) is 0 Å². The number of hydrogen-bond acceptors (Lipinski definition) is 6. The monoisotopic (exact) mass is 310 g/mol. The first-order valence-electron chi connectivity index (χ1n) is 7.17. The molecule has 0 aliphatic heterocycles. The summed E-state index contributed by atoms with van der Waals surface area (Å²) in [5.74, 6) is 0.844. The number of nitrogens with one attached hydrogen (secondary N) is 3. The van der Waals surface area contributed by atoms with Gasteiger partial charge in [-0.25, -0.2) is 4.98 Å². The van der Waals surface area contributed by atoms with Crippen molar-refractivity contribution < 1.29 is 4.79 Å². The zero-order valence-electron chi connectivity index (χ0n) is 13.1. The number of carbonyl (C=O) groups is 1. The number of anilines is 2.